The normalized spacial score (nSPS) is 14.4. The van der Waals surface area contributed by atoms with E-state index in [1.54, 1.807) is 25.2 Å². The van der Waals surface area contributed by atoms with Crippen LogP contribution in [-0.4, -0.2) is 37.7 Å². The summed E-state index contributed by atoms with van der Waals surface area (Å²) in [6.45, 7) is 0.491. The number of aliphatic imine (C=N–C) groups is 1. The van der Waals surface area contributed by atoms with Crippen LogP contribution in [0, 0.1) is 0 Å². The van der Waals surface area contributed by atoms with Gasteiger partial charge in [-0.2, -0.15) is 0 Å². The van der Waals surface area contributed by atoms with Gasteiger partial charge in [0.05, 0.1) is 26.5 Å². The van der Waals surface area contributed by atoms with E-state index in [-0.39, 0.29) is 5.91 Å². The second-order valence-electron chi connectivity index (χ2n) is 7.05. The molecule has 168 valence electrons. The molecule has 0 unspecified atom stereocenters. The minimum absolute atomic E-state index is 0.189. The van der Waals surface area contributed by atoms with Gasteiger partial charge in [-0.05, 0) is 48.0 Å². The van der Waals surface area contributed by atoms with Gasteiger partial charge in [0.1, 0.15) is 22.9 Å². The molecule has 0 saturated heterocycles. The van der Waals surface area contributed by atoms with Crippen molar-refractivity contribution in [1.29, 1.82) is 0 Å². The van der Waals surface area contributed by atoms with Crippen molar-refractivity contribution >= 4 is 34.6 Å². The van der Waals surface area contributed by atoms with E-state index in [2.05, 4.69) is 4.99 Å². The molecule has 0 fully saturated rings. The Balaban J connectivity index is 1.55. The number of amidine groups is 1. The highest BCUT2D eigenvalue weighted by molar-refractivity contribution is 8.14. The Hall–Kier alpha value is -3.71. The predicted octanol–water partition coefficient (Wildman–Crippen LogP) is 5.26. The number of benzene rings is 3. The predicted molar refractivity (Wildman–Crippen MR) is 133 cm³/mol. The number of ether oxygens (including phenoxy) is 3. The van der Waals surface area contributed by atoms with Gasteiger partial charge in [-0.15, -0.1) is 0 Å². The van der Waals surface area contributed by atoms with Gasteiger partial charge >= 0.3 is 0 Å². The summed E-state index contributed by atoms with van der Waals surface area (Å²) in [6.07, 6.45) is 1.78. The summed E-state index contributed by atoms with van der Waals surface area (Å²) in [5, 5.41) is 0.602. The van der Waals surface area contributed by atoms with Crippen LogP contribution < -0.4 is 19.1 Å². The molecule has 1 aliphatic rings. The van der Waals surface area contributed by atoms with Crippen LogP contribution in [0.4, 0.5) is 5.69 Å². The monoisotopic (exact) mass is 460 g/mol. The van der Waals surface area contributed by atoms with Gasteiger partial charge in [0.25, 0.3) is 5.91 Å². The average molecular weight is 461 g/mol. The van der Waals surface area contributed by atoms with Crippen LogP contribution in [0.25, 0.3) is 6.08 Å². The van der Waals surface area contributed by atoms with Crippen molar-refractivity contribution in [3.8, 4) is 17.2 Å². The number of hydrogen-bond donors (Lipinski definition) is 0. The van der Waals surface area contributed by atoms with Crippen molar-refractivity contribution in [2.24, 2.45) is 4.99 Å². The molecule has 0 atom stereocenters. The standard InChI is InChI=1S/C26H24N2O4S/c1-30-21-13-11-19(12-14-21)17-24-25(29)28(20-7-6-10-23(18-20)31-2)26(27-24)33-16-15-32-22-8-4-3-5-9-22/h3-14,17-18H,15-16H2,1-2H3/b24-17-. The SMILES string of the molecule is COc1ccc(/C=C2\N=C(SCCOc3ccccc3)N(c3cccc(OC)c3)C2=O)cc1. The molecule has 1 amide bonds. The molecule has 0 aliphatic carbocycles. The number of carbonyl (C=O) groups excluding carboxylic acids is 1. The van der Waals surface area contributed by atoms with Gasteiger partial charge in [0, 0.05) is 11.8 Å². The molecule has 33 heavy (non-hydrogen) atoms. The maximum Gasteiger partial charge on any atom is 0.283 e. The maximum atomic E-state index is 13.3. The highest BCUT2D eigenvalue weighted by Gasteiger charge is 2.32. The van der Waals surface area contributed by atoms with Crippen LogP contribution in [0.5, 0.6) is 17.2 Å². The Kier molecular flexibility index (Phi) is 7.32. The van der Waals surface area contributed by atoms with E-state index in [0.717, 1.165) is 17.1 Å². The van der Waals surface area contributed by atoms with E-state index in [1.165, 1.54) is 11.8 Å². The third kappa shape index (κ3) is 5.56. The van der Waals surface area contributed by atoms with Crippen LogP contribution >= 0.6 is 11.8 Å². The Bertz CT molecular complexity index is 1160. The molecule has 3 aromatic carbocycles. The van der Waals surface area contributed by atoms with E-state index >= 15 is 0 Å². The van der Waals surface area contributed by atoms with E-state index in [9.17, 15) is 4.79 Å². The highest BCUT2D eigenvalue weighted by Crippen LogP contribution is 2.31. The summed E-state index contributed by atoms with van der Waals surface area (Å²) in [6, 6.07) is 24.5. The molecule has 1 aliphatic heterocycles. The summed E-state index contributed by atoms with van der Waals surface area (Å²) >= 11 is 1.47. The molecule has 0 radical (unpaired) electrons. The average Bonchev–Trinajstić information content (AvgIpc) is 3.17. The molecule has 7 heteroatoms. The highest BCUT2D eigenvalue weighted by atomic mass is 32.2. The Labute approximate surface area is 197 Å². The van der Waals surface area contributed by atoms with Crippen LogP contribution in [0.1, 0.15) is 5.56 Å². The first kappa shape index (κ1) is 22.5. The lowest BCUT2D eigenvalue weighted by molar-refractivity contribution is -0.113. The maximum absolute atomic E-state index is 13.3. The number of thioether (sulfide) groups is 1. The number of anilines is 1. The van der Waals surface area contributed by atoms with Crippen LogP contribution in [0.3, 0.4) is 0 Å². The third-order valence-electron chi connectivity index (χ3n) is 4.89. The van der Waals surface area contributed by atoms with Crippen LogP contribution in [-0.2, 0) is 4.79 Å². The first-order valence-corrected chi connectivity index (χ1v) is 11.4. The number of hydrogen-bond acceptors (Lipinski definition) is 6. The topological polar surface area (TPSA) is 60.4 Å². The van der Waals surface area contributed by atoms with E-state index in [0.29, 0.717) is 34.7 Å². The van der Waals surface area contributed by atoms with Crippen molar-refractivity contribution in [2.75, 3.05) is 31.5 Å². The lowest BCUT2D eigenvalue weighted by Gasteiger charge is -2.18. The number of carbonyl (C=O) groups is 1. The molecule has 3 aromatic rings. The van der Waals surface area contributed by atoms with Crippen molar-refractivity contribution in [3.63, 3.8) is 0 Å². The summed E-state index contributed by atoms with van der Waals surface area (Å²) < 4.78 is 16.3. The fourth-order valence-corrected chi connectivity index (χ4v) is 4.07. The zero-order chi connectivity index (χ0) is 23.0. The van der Waals surface area contributed by atoms with Crippen molar-refractivity contribution in [1.82, 2.24) is 0 Å². The molecule has 0 saturated carbocycles. The summed E-state index contributed by atoms with van der Waals surface area (Å²) in [7, 11) is 3.22. The second-order valence-corrected chi connectivity index (χ2v) is 8.11. The van der Waals surface area contributed by atoms with Crippen LogP contribution in [0.15, 0.2) is 89.6 Å². The first-order chi connectivity index (χ1) is 16.2. The largest absolute Gasteiger partial charge is 0.497 e. The van der Waals surface area contributed by atoms with E-state index in [1.807, 2.05) is 78.9 Å². The molecule has 4 rings (SSSR count). The Morgan fingerprint density at radius 2 is 1.61 bits per heavy atom. The number of para-hydroxylation sites is 1. The van der Waals surface area contributed by atoms with Crippen molar-refractivity contribution in [2.45, 2.75) is 0 Å². The van der Waals surface area contributed by atoms with E-state index in [4.69, 9.17) is 14.2 Å². The zero-order valence-corrected chi connectivity index (χ0v) is 19.2. The summed E-state index contributed by atoms with van der Waals surface area (Å²) in [5.74, 6) is 2.69. The van der Waals surface area contributed by atoms with Gasteiger partial charge < -0.3 is 14.2 Å². The minimum Gasteiger partial charge on any atom is -0.497 e. The van der Waals surface area contributed by atoms with Gasteiger partial charge in [0.15, 0.2) is 5.17 Å². The fourth-order valence-electron chi connectivity index (χ4n) is 3.24. The fraction of sp³-hybridized carbons (Fsp3) is 0.154. The summed E-state index contributed by atoms with van der Waals surface area (Å²) in [4.78, 5) is 19.6. The molecule has 0 N–H and O–H groups in total. The van der Waals surface area contributed by atoms with Gasteiger partial charge in [-0.3, -0.25) is 9.69 Å². The second kappa shape index (κ2) is 10.7. The van der Waals surface area contributed by atoms with Gasteiger partial charge in [-0.1, -0.05) is 48.2 Å². The smallest absolute Gasteiger partial charge is 0.283 e. The number of nitrogens with zero attached hydrogens (tertiary/aromatic N) is 2. The molecule has 0 spiro atoms. The number of methoxy groups -OCH3 is 2. The third-order valence-corrected chi connectivity index (χ3v) is 5.79. The molecule has 0 bridgehead atoms. The quantitative estimate of drug-likeness (QED) is 0.339. The molecule has 0 aromatic heterocycles. The Morgan fingerprint density at radius 1 is 0.879 bits per heavy atom. The Morgan fingerprint density at radius 3 is 2.33 bits per heavy atom. The molecule has 6 nitrogen and oxygen atoms in total. The lowest BCUT2D eigenvalue weighted by Crippen LogP contribution is -2.30. The molecule has 1 heterocycles. The first-order valence-electron chi connectivity index (χ1n) is 10.4. The van der Waals surface area contributed by atoms with Gasteiger partial charge in [0.2, 0.25) is 0 Å². The van der Waals surface area contributed by atoms with Crippen molar-refractivity contribution < 1.29 is 19.0 Å². The summed E-state index contributed by atoms with van der Waals surface area (Å²) in [5.41, 5.74) is 1.94. The molecular weight excluding hydrogens is 436 g/mol. The number of amides is 1. The van der Waals surface area contributed by atoms with Crippen molar-refractivity contribution in [3.05, 3.63) is 90.1 Å². The lowest BCUT2D eigenvalue weighted by atomic mass is 10.2. The van der Waals surface area contributed by atoms with Gasteiger partial charge in [-0.25, -0.2) is 4.99 Å². The molecular formula is C26H24N2O4S. The minimum atomic E-state index is -0.189. The van der Waals surface area contributed by atoms with Crippen LogP contribution in [0.2, 0.25) is 0 Å². The number of rotatable bonds is 8. The van der Waals surface area contributed by atoms with E-state index < -0.39 is 0 Å². The zero-order valence-electron chi connectivity index (χ0n) is 18.4.